The van der Waals surface area contributed by atoms with E-state index in [1.807, 2.05) is 24.3 Å². The van der Waals surface area contributed by atoms with E-state index in [9.17, 15) is 4.79 Å². The number of amides is 1. The van der Waals surface area contributed by atoms with E-state index in [0.29, 0.717) is 22.9 Å². The third-order valence-electron chi connectivity index (χ3n) is 2.83. The average molecular weight is 402 g/mol. The number of ether oxygens (including phenoxy) is 1. The van der Waals surface area contributed by atoms with E-state index >= 15 is 0 Å². The standard InChI is InChI=1S/C15H13ClINO2/c1-20-14-4-2-3-13(16)12(14)9-18-15(19)10-5-7-11(17)8-6-10/h2-8H,9H2,1H3,(H,18,19). The monoisotopic (exact) mass is 401 g/mol. The Balaban J connectivity index is 2.09. The van der Waals surface area contributed by atoms with E-state index in [1.54, 1.807) is 25.3 Å². The van der Waals surface area contributed by atoms with Gasteiger partial charge in [-0.25, -0.2) is 0 Å². The molecule has 0 aromatic heterocycles. The summed E-state index contributed by atoms with van der Waals surface area (Å²) in [6.07, 6.45) is 0. The number of nitrogens with one attached hydrogen (secondary N) is 1. The summed E-state index contributed by atoms with van der Waals surface area (Å²) in [6, 6.07) is 12.8. The molecule has 5 heteroatoms. The van der Waals surface area contributed by atoms with Gasteiger partial charge in [-0.3, -0.25) is 4.79 Å². The van der Waals surface area contributed by atoms with Gasteiger partial charge in [-0.15, -0.1) is 0 Å². The Morgan fingerprint density at radius 1 is 1.25 bits per heavy atom. The number of carbonyl (C=O) groups excluding carboxylic acids is 1. The molecule has 0 unspecified atom stereocenters. The smallest absolute Gasteiger partial charge is 0.251 e. The van der Waals surface area contributed by atoms with Crippen LogP contribution >= 0.6 is 34.2 Å². The lowest BCUT2D eigenvalue weighted by Gasteiger charge is -2.11. The number of methoxy groups -OCH3 is 1. The molecule has 0 saturated carbocycles. The predicted molar refractivity (Wildman–Crippen MR) is 88.3 cm³/mol. The number of benzene rings is 2. The molecule has 2 rings (SSSR count). The van der Waals surface area contributed by atoms with Crippen molar-refractivity contribution in [2.75, 3.05) is 7.11 Å². The highest BCUT2D eigenvalue weighted by atomic mass is 127. The van der Waals surface area contributed by atoms with Crippen molar-refractivity contribution in [1.29, 1.82) is 0 Å². The fraction of sp³-hybridized carbons (Fsp3) is 0.133. The molecule has 3 nitrogen and oxygen atoms in total. The molecule has 104 valence electrons. The normalized spacial score (nSPS) is 10.2. The molecule has 2 aromatic rings. The van der Waals surface area contributed by atoms with E-state index in [0.717, 1.165) is 9.13 Å². The van der Waals surface area contributed by atoms with E-state index in [1.165, 1.54) is 0 Å². The van der Waals surface area contributed by atoms with Crippen LogP contribution in [-0.2, 0) is 6.54 Å². The van der Waals surface area contributed by atoms with Gasteiger partial charge in [0.2, 0.25) is 0 Å². The highest BCUT2D eigenvalue weighted by molar-refractivity contribution is 14.1. The molecule has 0 spiro atoms. The Hall–Kier alpha value is -1.27. The molecule has 0 aliphatic rings. The van der Waals surface area contributed by atoms with Gasteiger partial charge >= 0.3 is 0 Å². The van der Waals surface area contributed by atoms with Crippen molar-refractivity contribution in [1.82, 2.24) is 5.32 Å². The summed E-state index contributed by atoms with van der Waals surface area (Å²) in [5.74, 6) is 0.531. The number of hydrogen-bond acceptors (Lipinski definition) is 2. The van der Waals surface area contributed by atoms with Crippen LogP contribution in [0.1, 0.15) is 15.9 Å². The maximum Gasteiger partial charge on any atom is 0.251 e. The van der Waals surface area contributed by atoms with Crippen molar-refractivity contribution in [2.45, 2.75) is 6.54 Å². The summed E-state index contributed by atoms with van der Waals surface area (Å²) in [5.41, 5.74) is 1.40. The third kappa shape index (κ3) is 3.64. The molecule has 0 saturated heterocycles. The molecule has 1 N–H and O–H groups in total. The molecule has 0 radical (unpaired) electrons. The zero-order valence-electron chi connectivity index (χ0n) is 10.8. The quantitative estimate of drug-likeness (QED) is 0.790. The molecular weight excluding hydrogens is 389 g/mol. The van der Waals surface area contributed by atoms with Gasteiger partial charge in [0.25, 0.3) is 5.91 Å². The lowest BCUT2D eigenvalue weighted by atomic mass is 10.1. The lowest BCUT2D eigenvalue weighted by molar-refractivity contribution is 0.0950. The first-order valence-electron chi connectivity index (χ1n) is 5.97. The predicted octanol–water partition coefficient (Wildman–Crippen LogP) is 3.88. The van der Waals surface area contributed by atoms with Crippen molar-refractivity contribution in [3.8, 4) is 5.75 Å². The summed E-state index contributed by atoms with van der Waals surface area (Å²) >= 11 is 8.32. The molecule has 0 aliphatic carbocycles. The number of carbonyl (C=O) groups is 1. The van der Waals surface area contributed by atoms with E-state index in [2.05, 4.69) is 27.9 Å². The Kier molecular flexibility index (Phi) is 5.25. The summed E-state index contributed by atoms with van der Waals surface area (Å²) < 4.78 is 6.33. The molecule has 1 amide bonds. The zero-order valence-corrected chi connectivity index (χ0v) is 13.7. The second-order valence-corrected chi connectivity index (χ2v) is 5.76. The van der Waals surface area contributed by atoms with Crippen LogP contribution in [-0.4, -0.2) is 13.0 Å². The van der Waals surface area contributed by atoms with E-state index in [-0.39, 0.29) is 5.91 Å². The molecule has 2 aromatic carbocycles. The first kappa shape index (κ1) is 15.1. The minimum Gasteiger partial charge on any atom is -0.496 e. The molecule has 0 fully saturated rings. The minimum absolute atomic E-state index is 0.136. The Bertz CT molecular complexity index is 614. The SMILES string of the molecule is COc1cccc(Cl)c1CNC(=O)c1ccc(I)cc1. The van der Waals surface area contributed by atoms with Crippen LogP contribution in [0.2, 0.25) is 5.02 Å². The summed E-state index contributed by atoms with van der Waals surface area (Å²) in [7, 11) is 1.58. The molecule has 0 aliphatic heterocycles. The number of hydrogen-bond donors (Lipinski definition) is 1. The summed E-state index contributed by atoms with van der Waals surface area (Å²) in [5, 5.41) is 3.42. The molecule has 0 atom stereocenters. The van der Waals surface area contributed by atoms with Crippen LogP contribution in [0, 0.1) is 3.57 Å². The summed E-state index contributed by atoms with van der Waals surface area (Å²) in [6.45, 7) is 0.327. The van der Waals surface area contributed by atoms with Crippen molar-refractivity contribution in [3.05, 3.63) is 62.2 Å². The lowest BCUT2D eigenvalue weighted by Crippen LogP contribution is -2.23. The van der Waals surface area contributed by atoms with Crippen molar-refractivity contribution < 1.29 is 9.53 Å². The maximum absolute atomic E-state index is 12.0. The molecule has 20 heavy (non-hydrogen) atoms. The van der Waals surface area contributed by atoms with Crippen molar-refractivity contribution in [2.24, 2.45) is 0 Å². The third-order valence-corrected chi connectivity index (χ3v) is 3.90. The fourth-order valence-corrected chi connectivity index (χ4v) is 2.37. The summed E-state index contributed by atoms with van der Waals surface area (Å²) in [4.78, 5) is 12.0. The molecule has 0 bridgehead atoms. The van der Waals surface area contributed by atoms with Gasteiger partial charge in [-0.05, 0) is 59.0 Å². The van der Waals surface area contributed by atoms with Gasteiger partial charge in [0.05, 0.1) is 7.11 Å². The Morgan fingerprint density at radius 3 is 2.60 bits per heavy atom. The van der Waals surface area contributed by atoms with E-state index in [4.69, 9.17) is 16.3 Å². The van der Waals surface area contributed by atoms with Gasteiger partial charge in [0, 0.05) is 26.3 Å². The first-order chi connectivity index (χ1) is 9.61. The number of rotatable bonds is 4. The van der Waals surface area contributed by atoms with Gasteiger partial charge in [0.1, 0.15) is 5.75 Å². The number of halogens is 2. The van der Waals surface area contributed by atoms with E-state index < -0.39 is 0 Å². The van der Waals surface area contributed by atoms with Crippen LogP contribution in [0.25, 0.3) is 0 Å². The second-order valence-electron chi connectivity index (χ2n) is 4.11. The van der Waals surface area contributed by atoms with Crippen molar-refractivity contribution >= 4 is 40.1 Å². The van der Waals surface area contributed by atoms with Crippen LogP contribution < -0.4 is 10.1 Å². The average Bonchev–Trinajstić information content (AvgIpc) is 2.46. The molecule has 0 heterocycles. The highest BCUT2D eigenvalue weighted by Crippen LogP contribution is 2.25. The minimum atomic E-state index is -0.136. The first-order valence-corrected chi connectivity index (χ1v) is 7.42. The highest BCUT2D eigenvalue weighted by Gasteiger charge is 2.10. The maximum atomic E-state index is 12.0. The molecular formula is C15H13ClINO2. The fourth-order valence-electron chi connectivity index (χ4n) is 1.77. The van der Waals surface area contributed by atoms with Crippen LogP contribution in [0.5, 0.6) is 5.75 Å². The zero-order chi connectivity index (χ0) is 14.5. The van der Waals surface area contributed by atoms with Crippen LogP contribution in [0.15, 0.2) is 42.5 Å². The van der Waals surface area contributed by atoms with Gasteiger partial charge in [0.15, 0.2) is 0 Å². The van der Waals surface area contributed by atoms with Crippen LogP contribution in [0.4, 0.5) is 0 Å². The Labute approximate surface area is 136 Å². The van der Waals surface area contributed by atoms with Crippen LogP contribution in [0.3, 0.4) is 0 Å². The van der Waals surface area contributed by atoms with Gasteiger partial charge < -0.3 is 10.1 Å². The van der Waals surface area contributed by atoms with Gasteiger partial charge in [-0.1, -0.05) is 17.7 Å². The topological polar surface area (TPSA) is 38.3 Å². The van der Waals surface area contributed by atoms with Gasteiger partial charge in [-0.2, -0.15) is 0 Å². The van der Waals surface area contributed by atoms with Crippen molar-refractivity contribution in [3.63, 3.8) is 0 Å². The Morgan fingerprint density at radius 2 is 1.95 bits per heavy atom. The largest absolute Gasteiger partial charge is 0.496 e. The second kappa shape index (κ2) is 6.95.